The summed E-state index contributed by atoms with van der Waals surface area (Å²) in [5, 5.41) is 23.7. The van der Waals surface area contributed by atoms with E-state index in [-0.39, 0.29) is 36.8 Å². The Morgan fingerprint density at radius 1 is 1.15 bits per heavy atom. The van der Waals surface area contributed by atoms with E-state index in [4.69, 9.17) is 9.15 Å². The van der Waals surface area contributed by atoms with Crippen molar-refractivity contribution in [3.63, 3.8) is 0 Å². The van der Waals surface area contributed by atoms with Crippen LogP contribution in [-0.4, -0.2) is 40.1 Å². The van der Waals surface area contributed by atoms with Crippen molar-refractivity contribution in [3.05, 3.63) is 47.5 Å². The Morgan fingerprint density at radius 3 is 2.58 bits per heavy atom. The number of aliphatic hydroxyl groups excluding tert-OH is 2. The maximum Gasteiger partial charge on any atom is 0.213 e. The number of ether oxygens (including phenoxy) is 1. The number of nitrogens with zero attached hydrogens (tertiary/aromatic N) is 1. The fourth-order valence-corrected chi connectivity index (χ4v) is 3.10. The van der Waals surface area contributed by atoms with Gasteiger partial charge in [-0.25, -0.2) is 4.98 Å². The monoisotopic (exact) mass is 404 g/mol. The first kappa shape index (κ1) is 22.7. The van der Waals surface area contributed by atoms with E-state index >= 15 is 0 Å². The molecule has 146 valence electrons. The van der Waals surface area contributed by atoms with Crippen LogP contribution >= 0.6 is 24.8 Å². The van der Waals surface area contributed by atoms with Gasteiger partial charge in [0.15, 0.2) is 0 Å². The Balaban J connectivity index is 0.00000169. The molecule has 3 rings (SSSR count). The highest BCUT2D eigenvalue weighted by Gasteiger charge is 2.41. The van der Waals surface area contributed by atoms with Crippen LogP contribution < -0.4 is 10.1 Å². The molecule has 1 fully saturated rings. The summed E-state index contributed by atoms with van der Waals surface area (Å²) in [6.07, 6.45) is -1.00. The van der Waals surface area contributed by atoms with Crippen LogP contribution in [0.5, 0.6) is 5.88 Å². The second kappa shape index (κ2) is 10.1. The van der Waals surface area contributed by atoms with Gasteiger partial charge in [0.2, 0.25) is 5.88 Å². The summed E-state index contributed by atoms with van der Waals surface area (Å²) < 4.78 is 11.2. The summed E-state index contributed by atoms with van der Waals surface area (Å²) in [4.78, 5) is 4.28. The SMILES string of the molecule is Cc1cccc(OC[C@H]2C[C@@H](NCc3ccc(C)o3)[C@H](O)[C@@H]2O)n1.Cl.Cl. The summed E-state index contributed by atoms with van der Waals surface area (Å²) >= 11 is 0. The van der Waals surface area contributed by atoms with Crippen LogP contribution in [0.25, 0.3) is 0 Å². The largest absolute Gasteiger partial charge is 0.477 e. The molecule has 0 radical (unpaired) electrons. The maximum absolute atomic E-state index is 10.2. The zero-order valence-corrected chi connectivity index (χ0v) is 16.4. The highest BCUT2D eigenvalue weighted by Crippen LogP contribution is 2.28. The summed E-state index contributed by atoms with van der Waals surface area (Å²) in [7, 11) is 0. The minimum absolute atomic E-state index is 0. The van der Waals surface area contributed by atoms with Crippen LogP contribution in [0, 0.1) is 19.8 Å². The van der Waals surface area contributed by atoms with Crippen LogP contribution in [0.15, 0.2) is 34.7 Å². The van der Waals surface area contributed by atoms with Gasteiger partial charge in [-0.05, 0) is 38.5 Å². The molecule has 0 saturated heterocycles. The lowest BCUT2D eigenvalue weighted by Gasteiger charge is -2.17. The molecule has 8 heteroatoms. The van der Waals surface area contributed by atoms with Gasteiger partial charge in [-0.2, -0.15) is 0 Å². The Bertz CT molecular complexity index is 683. The van der Waals surface area contributed by atoms with Crippen LogP contribution in [0.4, 0.5) is 0 Å². The molecule has 2 heterocycles. The van der Waals surface area contributed by atoms with Crippen molar-refractivity contribution in [2.75, 3.05) is 6.61 Å². The number of pyridine rings is 1. The van der Waals surface area contributed by atoms with Crippen LogP contribution in [0.3, 0.4) is 0 Å². The molecular formula is C18H26Cl2N2O4. The van der Waals surface area contributed by atoms with Crippen molar-refractivity contribution < 1.29 is 19.4 Å². The number of rotatable bonds is 6. The van der Waals surface area contributed by atoms with Gasteiger partial charge in [-0.15, -0.1) is 24.8 Å². The zero-order chi connectivity index (χ0) is 17.1. The van der Waals surface area contributed by atoms with Crippen molar-refractivity contribution in [1.29, 1.82) is 0 Å². The molecule has 0 aliphatic heterocycles. The highest BCUT2D eigenvalue weighted by atomic mass is 35.5. The van der Waals surface area contributed by atoms with Gasteiger partial charge in [0.1, 0.15) is 11.5 Å². The molecule has 2 aromatic rings. The Labute approximate surface area is 165 Å². The average molecular weight is 405 g/mol. The molecule has 26 heavy (non-hydrogen) atoms. The Morgan fingerprint density at radius 2 is 1.92 bits per heavy atom. The zero-order valence-electron chi connectivity index (χ0n) is 14.8. The van der Waals surface area contributed by atoms with Gasteiger partial charge in [-0.1, -0.05) is 6.07 Å². The van der Waals surface area contributed by atoms with E-state index in [2.05, 4.69) is 10.3 Å². The second-order valence-corrected chi connectivity index (χ2v) is 6.40. The van der Waals surface area contributed by atoms with E-state index in [9.17, 15) is 10.2 Å². The quantitative estimate of drug-likeness (QED) is 0.684. The number of nitrogens with one attached hydrogen (secondary N) is 1. The Kier molecular flexibility index (Phi) is 8.86. The summed E-state index contributed by atoms with van der Waals surface area (Å²) in [6.45, 7) is 4.64. The lowest BCUT2D eigenvalue weighted by atomic mass is 10.1. The topological polar surface area (TPSA) is 87.8 Å². The third-order valence-corrected chi connectivity index (χ3v) is 4.44. The molecule has 0 bridgehead atoms. The minimum Gasteiger partial charge on any atom is -0.477 e. The number of halogens is 2. The average Bonchev–Trinajstić information content (AvgIpc) is 3.09. The van der Waals surface area contributed by atoms with E-state index in [1.807, 2.05) is 38.1 Å². The highest BCUT2D eigenvalue weighted by molar-refractivity contribution is 5.85. The lowest BCUT2D eigenvalue weighted by molar-refractivity contribution is 0.00157. The standard InChI is InChI=1S/C18H24N2O4.2ClH/c1-11-4-3-5-16(20-11)23-10-13-8-15(18(22)17(13)21)19-9-14-7-6-12(2)24-14;;/h3-7,13,15,17-19,21-22H,8-10H2,1-2H3;2*1H/t13-,15-,17-,18+;;/m1../s1. The van der Waals surface area contributed by atoms with Crippen molar-refractivity contribution in [2.24, 2.45) is 5.92 Å². The lowest BCUT2D eigenvalue weighted by Crippen LogP contribution is -2.39. The van der Waals surface area contributed by atoms with Crippen LogP contribution in [-0.2, 0) is 6.54 Å². The second-order valence-electron chi connectivity index (χ2n) is 6.40. The number of hydrogen-bond donors (Lipinski definition) is 3. The molecule has 0 aromatic carbocycles. The minimum atomic E-state index is -0.819. The molecule has 0 unspecified atom stereocenters. The van der Waals surface area contributed by atoms with E-state index < -0.39 is 12.2 Å². The number of aryl methyl sites for hydroxylation is 2. The first-order valence-electron chi connectivity index (χ1n) is 8.24. The molecule has 0 amide bonds. The maximum atomic E-state index is 10.2. The van der Waals surface area contributed by atoms with E-state index in [0.29, 0.717) is 25.5 Å². The van der Waals surface area contributed by atoms with Crippen LogP contribution in [0.2, 0.25) is 0 Å². The molecule has 3 N–H and O–H groups in total. The normalized spacial score (nSPS) is 24.6. The first-order chi connectivity index (χ1) is 11.5. The fraction of sp³-hybridized carbons (Fsp3) is 0.500. The van der Waals surface area contributed by atoms with Gasteiger partial charge < -0.3 is 24.7 Å². The Hall–Kier alpha value is -1.31. The summed E-state index contributed by atoms with van der Waals surface area (Å²) in [6, 6.07) is 9.20. The fourth-order valence-electron chi connectivity index (χ4n) is 3.10. The third-order valence-electron chi connectivity index (χ3n) is 4.44. The number of aliphatic hydroxyl groups is 2. The first-order valence-corrected chi connectivity index (χ1v) is 8.24. The van der Waals surface area contributed by atoms with Crippen molar-refractivity contribution >= 4 is 24.8 Å². The van der Waals surface area contributed by atoms with Gasteiger partial charge >= 0.3 is 0 Å². The van der Waals surface area contributed by atoms with Gasteiger partial charge in [0.05, 0.1) is 25.4 Å². The van der Waals surface area contributed by atoms with Gasteiger partial charge in [0.25, 0.3) is 0 Å². The summed E-state index contributed by atoms with van der Waals surface area (Å²) in [5.74, 6) is 2.07. The molecule has 0 spiro atoms. The van der Waals surface area contributed by atoms with Gasteiger partial charge in [-0.3, -0.25) is 0 Å². The molecule has 1 saturated carbocycles. The molecule has 6 nitrogen and oxygen atoms in total. The van der Waals surface area contributed by atoms with E-state index in [1.54, 1.807) is 6.07 Å². The predicted octanol–water partition coefficient (Wildman–Crippen LogP) is 2.41. The van der Waals surface area contributed by atoms with E-state index in [0.717, 1.165) is 17.2 Å². The summed E-state index contributed by atoms with van der Waals surface area (Å²) in [5.41, 5.74) is 0.882. The van der Waals surface area contributed by atoms with Crippen molar-refractivity contribution in [1.82, 2.24) is 10.3 Å². The smallest absolute Gasteiger partial charge is 0.213 e. The third kappa shape index (κ3) is 5.59. The number of aromatic nitrogens is 1. The van der Waals surface area contributed by atoms with Gasteiger partial charge in [0, 0.05) is 23.7 Å². The molecule has 1 aliphatic carbocycles. The molecule has 1 aliphatic rings. The molecule has 4 atom stereocenters. The molecular weight excluding hydrogens is 379 g/mol. The predicted molar refractivity (Wildman–Crippen MR) is 103 cm³/mol. The number of furan rings is 1. The molecule has 2 aromatic heterocycles. The van der Waals surface area contributed by atoms with E-state index in [1.165, 1.54) is 0 Å². The number of hydrogen-bond acceptors (Lipinski definition) is 6. The van der Waals surface area contributed by atoms with Crippen molar-refractivity contribution in [2.45, 2.75) is 45.1 Å². The van der Waals surface area contributed by atoms with Crippen molar-refractivity contribution in [3.8, 4) is 5.88 Å². The van der Waals surface area contributed by atoms with Crippen LogP contribution in [0.1, 0.15) is 23.6 Å².